The number of amides is 2. The fourth-order valence-corrected chi connectivity index (χ4v) is 3.58. The maximum absolute atomic E-state index is 12.3. The lowest BCUT2D eigenvalue weighted by atomic mass is 9.74. The summed E-state index contributed by atoms with van der Waals surface area (Å²) in [6.45, 7) is 1.93. The Kier molecular flexibility index (Phi) is 5.84. The number of nitrogens with one attached hydrogen (secondary N) is 2. The van der Waals surface area contributed by atoms with Crippen molar-refractivity contribution in [3.05, 3.63) is 64.1 Å². The van der Waals surface area contributed by atoms with Crippen LogP contribution >= 0.6 is 23.2 Å². The third kappa shape index (κ3) is 4.46. The van der Waals surface area contributed by atoms with Crippen molar-refractivity contribution in [2.75, 3.05) is 25.1 Å². The van der Waals surface area contributed by atoms with Crippen LogP contribution in [0.2, 0.25) is 10.0 Å². The van der Waals surface area contributed by atoms with Crippen molar-refractivity contribution in [3.63, 3.8) is 0 Å². The maximum Gasteiger partial charge on any atom is 0.319 e. The summed E-state index contributed by atoms with van der Waals surface area (Å²) in [5.74, 6) is 0. The highest BCUT2D eigenvalue weighted by atomic mass is 35.5. The highest BCUT2D eigenvalue weighted by molar-refractivity contribution is 6.36. The van der Waals surface area contributed by atoms with Gasteiger partial charge in [0.15, 0.2) is 0 Å². The summed E-state index contributed by atoms with van der Waals surface area (Å²) < 4.78 is 5.52. The van der Waals surface area contributed by atoms with E-state index < -0.39 is 0 Å². The van der Waals surface area contributed by atoms with Gasteiger partial charge in [0.1, 0.15) is 0 Å². The Morgan fingerprint density at radius 1 is 1.08 bits per heavy atom. The standard InChI is InChI=1S/C19H20Cl2N2O2/c20-15-6-7-17(16(21)12-15)23-18(24)22-13-19(8-10-25-11-9-19)14-4-2-1-3-5-14/h1-7,12H,8-11,13H2,(H2,22,23,24). The molecule has 0 aliphatic carbocycles. The molecule has 4 nitrogen and oxygen atoms in total. The van der Waals surface area contributed by atoms with E-state index in [1.807, 2.05) is 18.2 Å². The largest absolute Gasteiger partial charge is 0.381 e. The van der Waals surface area contributed by atoms with Gasteiger partial charge in [-0.1, -0.05) is 53.5 Å². The summed E-state index contributed by atoms with van der Waals surface area (Å²) in [6.07, 6.45) is 1.75. The van der Waals surface area contributed by atoms with Crippen LogP contribution in [0.5, 0.6) is 0 Å². The number of carbonyl (C=O) groups is 1. The van der Waals surface area contributed by atoms with E-state index in [9.17, 15) is 4.79 Å². The third-order valence-corrected chi connectivity index (χ3v) is 5.15. The minimum Gasteiger partial charge on any atom is -0.381 e. The molecule has 0 aromatic heterocycles. The second-order valence-corrected chi connectivity index (χ2v) is 7.03. The van der Waals surface area contributed by atoms with Gasteiger partial charge in [-0.15, -0.1) is 0 Å². The Balaban J connectivity index is 1.68. The smallest absolute Gasteiger partial charge is 0.319 e. The van der Waals surface area contributed by atoms with Gasteiger partial charge in [-0.05, 0) is 36.6 Å². The average molecular weight is 379 g/mol. The van der Waals surface area contributed by atoms with E-state index in [4.69, 9.17) is 27.9 Å². The highest BCUT2D eigenvalue weighted by Gasteiger charge is 2.34. The van der Waals surface area contributed by atoms with Crippen LogP contribution in [0.15, 0.2) is 48.5 Å². The first kappa shape index (κ1) is 18.1. The van der Waals surface area contributed by atoms with Gasteiger partial charge in [0.05, 0.1) is 10.7 Å². The Bertz CT molecular complexity index is 731. The topological polar surface area (TPSA) is 50.4 Å². The summed E-state index contributed by atoms with van der Waals surface area (Å²) >= 11 is 12.0. The van der Waals surface area contributed by atoms with Crippen molar-refractivity contribution in [3.8, 4) is 0 Å². The van der Waals surface area contributed by atoms with E-state index >= 15 is 0 Å². The molecule has 1 aliphatic rings. The molecule has 0 saturated carbocycles. The number of hydrogen-bond donors (Lipinski definition) is 2. The van der Waals surface area contributed by atoms with Gasteiger partial charge in [0.25, 0.3) is 0 Å². The van der Waals surface area contributed by atoms with Crippen molar-refractivity contribution in [2.24, 2.45) is 0 Å². The van der Waals surface area contributed by atoms with E-state index in [1.165, 1.54) is 5.56 Å². The van der Waals surface area contributed by atoms with Crippen molar-refractivity contribution in [1.29, 1.82) is 0 Å². The van der Waals surface area contributed by atoms with Crippen LogP contribution in [0.3, 0.4) is 0 Å². The Labute approximate surface area is 157 Å². The van der Waals surface area contributed by atoms with Crippen LogP contribution in [-0.4, -0.2) is 25.8 Å². The highest BCUT2D eigenvalue weighted by Crippen LogP contribution is 2.34. The van der Waals surface area contributed by atoms with Crippen LogP contribution in [0.4, 0.5) is 10.5 Å². The second kappa shape index (κ2) is 8.09. The first-order valence-corrected chi connectivity index (χ1v) is 8.98. The molecule has 2 aromatic rings. The molecule has 0 radical (unpaired) electrons. The molecular weight excluding hydrogens is 359 g/mol. The molecular formula is C19H20Cl2N2O2. The van der Waals surface area contributed by atoms with Crippen LogP contribution < -0.4 is 10.6 Å². The second-order valence-electron chi connectivity index (χ2n) is 6.19. The Morgan fingerprint density at radius 3 is 2.48 bits per heavy atom. The summed E-state index contributed by atoms with van der Waals surface area (Å²) in [7, 11) is 0. The van der Waals surface area contributed by atoms with Gasteiger partial charge in [-0.2, -0.15) is 0 Å². The fourth-order valence-electron chi connectivity index (χ4n) is 3.13. The van der Waals surface area contributed by atoms with Gasteiger partial charge in [-0.3, -0.25) is 0 Å². The number of hydrogen-bond acceptors (Lipinski definition) is 2. The van der Waals surface area contributed by atoms with Crippen molar-refractivity contribution >= 4 is 34.9 Å². The summed E-state index contributed by atoms with van der Waals surface area (Å²) in [5, 5.41) is 6.70. The molecule has 1 fully saturated rings. The number of rotatable bonds is 4. The molecule has 1 aliphatic heterocycles. The van der Waals surface area contributed by atoms with Crippen LogP contribution in [0, 0.1) is 0 Å². The lowest BCUT2D eigenvalue weighted by molar-refractivity contribution is 0.0508. The third-order valence-electron chi connectivity index (χ3n) is 4.60. The number of halogens is 2. The van der Waals surface area contributed by atoms with Gasteiger partial charge < -0.3 is 15.4 Å². The minimum absolute atomic E-state index is 0.110. The molecule has 0 spiro atoms. The molecule has 1 saturated heterocycles. The summed E-state index contributed by atoms with van der Waals surface area (Å²) in [5.41, 5.74) is 1.65. The van der Waals surface area contributed by atoms with Crippen LogP contribution in [0.25, 0.3) is 0 Å². The zero-order chi connectivity index (χ0) is 17.7. The number of urea groups is 1. The van der Waals surface area contributed by atoms with Crippen LogP contribution in [-0.2, 0) is 10.2 Å². The number of anilines is 1. The lowest BCUT2D eigenvalue weighted by Gasteiger charge is -2.38. The molecule has 3 rings (SSSR count). The lowest BCUT2D eigenvalue weighted by Crippen LogP contribution is -2.45. The van der Waals surface area contributed by atoms with E-state index in [2.05, 4.69) is 22.8 Å². The molecule has 0 bridgehead atoms. The van der Waals surface area contributed by atoms with E-state index in [-0.39, 0.29) is 11.4 Å². The monoisotopic (exact) mass is 378 g/mol. The zero-order valence-electron chi connectivity index (χ0n) is 13.7. The van der Waals surface area contributed by atoms with Gasteiger partial charge >= 0.3 is 6.03 Å². The van der Waals surface area contributed by atoms with Gasteiger partial charge in [0, 0.05) is 30.2 Å². The minimum atomic E-state index is -0.286. The number of benzene rings is 2. The SMILES string of the molecule is O=C(NCC1(c2ccccc2)CCOCC1)Nc1ccc(Cl)cc1Cl. The summed E-state index contributed by atoms with van der Waals surface area (Å²) in [4.78, 5) is 12.3. The molecule has 25 heavy (non-hydrogen) atoms. The maximum atomic E-state index is 12.3. The van der Waals surface area contributed by atoms with E-state index in [0.717, 1.165) is 12.8 Å². The summed E-state index contributed by atoms with van der Waals surface area (Å²) in [6, 6.07) is 15.0. The van der Waals surface area contributed by atoms with E-state index in [0.29, 0.717) is 35.5 Å². The Morgan fingerprint density at radius 2 is 1.80 bits per heavy atom. The van der Waals surface area contributed by atoms with Gasteiger partial charge in [0.2, 0.25) is 0 Å². The number of ether oxygens (including phenoxy) is 1. The molecule has 6 heteroatoms. The van der Waals surface area contributed by atoms with Crippen molar-refractivity contribution in [1.82, 2.24) is 5.32 Å². The molecule has 0 unspecified atom stereocenters. The first-order chi connectivity index (χ1) is 12.1. The quantitative estimate of drug-likeness (QED) is 0.797. The predicted molar refractivity (Wildman–Crippen MR) is 102 cm³/mol. The molecule has 2 aromatic carbocycles. The predicted octanol–water partition coefficient (Wildman–Crippen LogP) is 4.86. The van der Waals surface area contributed by atoms with Gasteiger partial charge in [-0.25, -0.2) is 4.79 Å². The van der Waals surface area contributed by atoms with Crippen molar-refractivity contribution in [2.45, 2.75) is 18.3 Å². The van der Waals surface area contributed by atoms with Crippen LogP contribution in [0.1, 0.15) is 18.4 Å². The normalized spacial score (nSPS) is 16.2. The molecule has 2 N–H and O–H groups in total. The molecule has 1 heterocycles. The molecule has 0 atom stereocenters. The number of carbonyl (C=O) groups excluding carboxylic acids is 1. The zero-order valence-corrected chi connectivity index (χ0v) is 15.2. The average Bonchev–Trinajstić information content (AvgIpc) is 2.64. The first-order valence-electron chi connectivity index (χ1n) is 8.22. The fraction of sp³-hybridized carbons (Fsp3) is 0.316. The Hall–Kier alpha value is -1.75. The molecule has 2 amide bonds. The van der Waals surface area contributed by atoms with Crippen molar-refractivity contribution < 1.29 is 9.53 Å². The molecule has 132 valence electrons. The van der Waals surface area contributed by atoms with E-state index in [1.54, 1.807) is 18.2 Å².